The highest BCUT2D eigenvalue weighted by molar-refractivity contribution is 7.11. The van der Waals surface area contributed by atoms with Crippen LogP contribution in [0.25, 0.3) is 0 Å². The number of para-hydroxylation sites is 1. The predicted molar refractivity (Wildman–Crippen MR) is 87.1 cm³/mol. The Bertz CT molecular complexity index is 615. The SMILES string of the molecule is CC(C)(C)NCc1cnc(C2CCOc3ccccc32)s1. The molecule has 0 amide bonds. The molecular formula is C17H22N2OS. The van der Waals surface area contributed by atoms with Gasteiger partial charge in [-0.3, -0.25) is 0 Å². The smallest absolute Gasteiger partial charge is 0.123 e. The quantitative estimate of drug-likeness (QED) is 0.932. The van der Waals surface area contributed by atoms with E-state index in [4.69, 9.17) is 4.74 Å². The second kappa shape index (κ2) is 5.78. The first-order valence-electron chi connectivity index (χ1n) is 7.44. The van der Waals surface area contributed by atoms with E-state index in [1.165, 1.54) is 15.4 Å². The molecule has 0 fully saturated rings. The molecule has 3 nitrogen and oxygen atoms in total. The summed E-state index contributed by atoms with van der Waals surface area (Å²) in [5.74, 6) is 1.39. The molecule has 1 atom stereocenters. The number of hydrogen-bond acceptors (Lipinski definition) is 4. The summed E-state index contributed by atoms with van der Waals surface area (Å²) in [7, 11) is 0. The van der Waals surface area contributed by atoms with Crippen molar-refractivity contribution in [3.63, 3.8) is 0 Å². The van der Waals surface area contributed by atoms with Crippen molar-refractivity contribution in [3.05, 3.63) is 45.9 Å². The molecule has 1 unspecified atom stereocenters. The average molecular weight is 302 g/mol. The van der Waals surface area contributed by atoms with E-state index in [0.29, 0.717) is 5.92 Å². The Balaban J connectivity index is 1.78. The molecule has 3 rings (SSSR count). The Morgan fingerprint density at radius 1 is 1.33 bits per heavy atom. The van der Waals surface area contributed by atoms with Crippen LogP contribution in [0.2, 0.25) is 0 Å². The number of hydrogen-bond donors (Lipinski definition) is 1. The van der Waals surface area contributed by atoms with Crippen molar-refractivity contribution in [1.29, 1.82) is 0 Å². The highest BCUT2D eigenvalue weighted by atomic mass is 32.1. The van der Waals surface area contributed by atoms with Gasteiger partial charge < -0.3 is 10.1 Å². The van der Waals surface area contributed by atoms with Gasteiger partial charge in [-0.15, -0.1) is 11.3 Å². The Morgan fingerprint density at radius 3 is 2.95 bits per heavy atom. The lowest BCUT2D eigenvalue weighted by Gasteiger charge is -2.24. The van der Waals surface area contributed by atoms with E-state index in [1.54, 1.807) is 0 Å². The van der Waals surface area contributed by atoms with E-state index >= 15 is 0 Å². The number of fused-ring (bicyclic) bond motifs is 1. The van der Waals surface area contributed by atoms with Crippen LogP contribution in [0.15, 0.2) is 30.5 Å². The molecule has 1 aliphatic rings. The maximum atomic E-state index is 5.74. The van der Waals surface area contributed by atoms with Crippen LogP contribution in [0, 0.1) is 0 Å². The fourth-order valence-electron chi connectivity index (χ4n) is 2.52. The van der Waals surface area contributed by atoms with Gasteiger partial charge in [-0.2, -0.15) is 0 Å². The van der Waals surface area contributed by atoms with E-state index < -0.39 is 0 Å². The summed E-state index contributed by atoms with van der Waals surface area (Å²) in [5.41, 5.74) is 1.41. The molecule has 4 heteroatoms. The van der Waals surface area contributed by atoms with Gasteiger partial charge in [-0.05, 0) is 33.3 Å². The molecular weight excluding hydrogens is 280 g/mol. The molecule has 0 bridgehead atoms. The standard InChI is InChI=1S/C17H22N2OS/c1-17(2,3)19-11-12-10-18-16(21-12)14-8-9-20-15-7-5-4-6-13(14)15/h4-7,10,14,19H,8-9,11H2,1-3H3. The minimum atomic E-state index is 0.134. The van der Waals surface area contributed by atoms with Crippen LogP contribution in [0.3, 0.4) is 0 Å². The lowest BCUT2D eigenvalue weighted by atomic mass is 9.94. The summed E-state index contributed by atoms with van der Waals surface area (Å²) in [4.78, 5) is 5.96. The van der Waals surface area contributed by atoms with Crippen molar-refractivity contribution in [2.24, 2.45) is 0 Å². The highest BCUT2D eigenvalue weighted by Crippen LogP contribution is 2.39. The molecule has 0 radical (unpaired) electrons. The molecule has 0 aliphatic carbocycles. The average Bonchev–Trinajstić information content (AvgIpc) is 2.92. The van der Waals surface area contributed by atoms with Crippen LogP contribution in [-0.2, 0) is 6.54 Å². The van der Waals surface area contributed by atoms with Gasteiger partial charge in [0, 0.05) is 34.6 Å². The number of rotatable bonds is 3. The van der Waals surface area contributed by atoms with Gasteiger partial charge in [0.15, 0.2) is 0 Å². The van der Waals surface area contributed by atoms with Crippen molar-refractivity contribution >= 4 is 11.3 Å². The van der Waals surface area contributed by atoms with Crippen molar-refractivity contribution in [3.8, 4) is 5.75 Å². The third-order valence-electron chi connectivity index (χ3n) is 3.62. The first-order chi connectivity index (χ1) is 10.0. The lowest BCUT2D eigenvalue weighted by Crippen LogP contribution is -2.34. The number of ether oxygens (including phenoxy) is 1. The summed E-state index contributed by atoms with van der Waals surface area (Å²) in [5, 5.41) is 4.72. The Morgan fingerprint density at radius 2 is 2.14 bits per heavy atom. The third-order valence-corrected chi connectivity index (χ3v) is 4.73. The van der Waals surface area contributed by atoms with E-state index in [1.807, 2.05) is 23.6 Å². The molecule has 2 heterocycles. The fourth-order valence-corrected chi connectivity index (χ4v) is 3.53. The maximum Gasteiger partial charge on any atom is 0.123 e. The number of benzene rings is 1. The normalized spacial score (nSPS) is 18.1. The molecule has 1 N–H and O–H groups in total. The van der Waals surface area contributed by atoms with Gasteiger partial charge >= 0.3 is 0 Å². The van der Waals surface area contributed by atoms with Gasteiger partial charge in [-0.25, -0.2) is 4.98 Å². The number of nitrogens with zero attached hydrogens (tertiary/aromatic N) is 1. The topological polar surface area (TPSA) is 34.2 Å². The van der Waals surface area contributed by atoms with Crippen molar-refractivity contribution in [2.45, 2.75) is 45.2 Å². The summed E-state index contributed by atoms with van der Waals surface area (Å²) >= 11 is 1.81. The molecule has 0 saturated heterocycles. The Hall–Kier alpha value is -1.39. The van der Waals surface area contributed by atoms with Crippen LogP contribution < -0.4 is 10.1 Å². The maximum absolute atomic E-state index is 5.74. The van der Waals surface area contributed by atoms with E-state index in [0.717, 1.165) is 25.3 Å². The zero-order valence-corrected chi connectivity index (χ0v) is 13.7. The van der Waals surface area contributed by atoms with Crippen molar-refractivity contribution < 1.29 is 4.74 Å². The van der Waals surface area contributed by atoms with Crippen LogP contribution >= 0.6 is 11.3 Å². The number of aromatic nitrogens is 1. The second-order valence-electron chi connectivity index (χ2n) is 6.50. The monoisotopic (exact) mass is 302 g/mol. The van der Waals surface area contributed by atoms with Crippen LogP contribution in [0.1, 0.15) is 48.6 Å². The molecule has 0 spiro atoms. The van der Waals surface area contributed by atoms with Crippen molar-refractivity contribution in [1.82, 2.24) is 10.3 Å². The Labute approximate surface area is 130 Å². The van der Waals surface area contributed by atoms with Crippen LogP contribution in [0.4, 0.5) is 0 Å². The summed E-state index contributed by atoms with van der Waals surface area (Å²) < 4.78 is 5.74. The van der Waals surface area contributed by atoms with Gasteiger partial charge in [-0.1, -0.05) is 18.2 Å². The first-order valence-corrected chi connectivity index (χ1v) is 8.26. The van der Waals surface area contributed by atoms with Crippen LogP contribution in [-0.4, -0.2) is 17.1 Å². The van der Waals surface area contributed by atoms with Gasteiger partial charge in [0.2, 0.25) is 0 Å². The molecule has 0 saturated carbocycles. The first kappa shape index (κ1) is 14.5. The minimum Gasteiger partial charge on any atom is -0.493 e. The minimum absolute atomic E-state index is 0.134. The summed E-state index contributed by atoms with van der Waals surface area (Å²) in [6.45, 7) is 8.21. The molecule has 21 heavy (non-hydrogen) atoms. The second-order valence-corrected chi connectivity index (χ2v) is 7.64. The fraction of sp³-hybridized carbons (Fsp3) is 0.471. The molecule has 1 aromatic carbocycles. The predicted octanol–water partition coefficient (Wildman–Crippen LogP) is 3.95. The molecule has 1 aliphatic heterocycles. The van der Waals surface area contributed by atoms with E-state index in [-0.39, 0.29) is 5.54 Å². The zero-order chi connectivity index (χ0) is 14.9. The summed E-state index contributed by atoms with van der Waals surface area (Å²) in [6.07, 6.45) is 3.02. The third kappa shape index (κ3) is 3.44. The number of thiazole rings is 1. The van der Waals surface area contributed by atoms with E-state index in [9.17, 15) is 0 Å². The van der Waals surface area contributed by atoms with Gasteiger partial charge in [0.25, 0.3) is 0 Å². The zero-order valence-electron chi connectivity index (χ0n) is 12.8. The Kier molecular flexibility index (Phi) is 4.00. The molecule has 1 aromatic heterocycles. The van der Waals surface area contributed by atoms with Gasteiger partial charge in [0.05, 0.1) is 6.61 Å². The summed E-state index contributed by atoms with van der Waals surface area (Å²) in [6, 6.07) is 8.32. The van der Waals surface area contributed by atoms with E-state index in [2.05, 4.69) is 49.3 Å². The number of nitrogens with one attached hydrogen (secondary N) is 1. The highest BCUT2D eigenvalue weighted by Gasteiger charge is 2.25. The van der Waals surface area contributed by atoms with Crippen molar-refractivity contribution in [2.75, 3.05) is 6.61 Å². The largest absolute Gasteiger partial charge is 0.493 e. The lowest BCUT2D eigenvalue weighted by molar-refractivity contribution is 0.277. The molecule has 112 valence electrons. The van der Waals surface area contributed by atoms with Gasteiger partial charge in [0.1, 0.15) is 10.8 Å². The molecule has 2 aromatic rings. The van der Waals surface area contributed by atoms with Crippen LogP contribution in [0.5, 0.6) is 5.75 Å².